The molecule has 0 radical (unpaired) electrons. The second-order valence-corrected chi connectivity index (χ2v) is 4.04. The number of nitrogens with zero attached hydrogens (tertiary/aromatic N) is 3. The third-order valence-corrected chi connectivity index (χ3v) is 2.71. The molecule has 0 unspecified atom stereocenters. The number of carbonyl (C=O) groups is 1. The van der Waals surface area contributed by atoms with Crippen molar-refractivity contribution in [3.8, 4) is 11.5 Å². The number of furan rings is 1. The van der Waals surface area contributed by atoms with Crippen LogP contribution in [-0.2, 0) is 0 Å². The number of nitrogens with one attached hydrogen (secondary N) is 1. The molecule has 0 fully saturated rings. The maximum absolute atomic E-state index is 12.0. The molecule has 0 atom stereocenters. The van der Waals surface area contributed by atoms with Crippen molar-refractivity contribution in [1.82, 2.24) is 15.2 Å². The van der Waals surface area contributed by atoms with Crippen molar-refractivity contribution in [3.63, 3.8) is 0 Å². The molecule has 3 aromatic heterocycles. The molecule has 1 amide bonds. The third-order valence-electron chi connectivity index (χ3n) is 2.11. The van der Waals surface area contributed by atoms with Gasteiger partial charge in [-0.2, -0.15) is 0 Å². The molecule has 0 aliphatic carbocycles. The van der Waals surface area contributed by atoms with Crippen molar-refractivity contribution in [2.24, 2.45) is 0 Å². The molecule has 0 aliphatic rings. The Morgan fingerprint density at radius 1 is 1.39 bits per heavy atom. The van der Waals surface area contributed by atoms with Crippen molar-refractivity contribution >= 4 is 22.4 Å². The monoisotopic (exact) mass is 262 g/mol. The van der Waals surface area contributed by atoms with Crippen molar-refractivity contribution in [1.29, 1.82) is 0 Å². The zero-order valence-corrected chi connectivity index (χ0v) is 9.68. The van der Waals surface area contributed by atoms with Crippen LogP contribution in [0.1, 0.15) is 10.5 Å². The smallest absolute Gasteiger partial charge is 0.280 e. The number of aromatic nitrogens is 3. The van der Waals surface area contributed by atoms with Crippen LogP contribution < -0.4 is 5.32 Å². The summed E-state index contributed by atoms with van der Waals surface area (Å²) in [5.41, 5.74) is 1.66. The van der Waals surface area contributed by atoms with Crippen LogP contribution in [0.4, 0.5) is 5.13 Å². The van der Waals surface area contributed by atoms with E-state index in [0.717, 1.165) is 0 Å². The van der Waals surface area contributed by atoms with E-state index in [1.165, 1.54) is 29.5 Å². The molecule has 0 saturated heterocycles. The van der Waals surface area contributed by atoms with Gasteiger partial charge in [0, 0.05) is 0 Å². The fourth-order valence-electron chi connectivity index (χ4n) is 1.37. The van der Waals surface area contributed by atoms with Gasteiger partial charge in [-0.15, -0.1) is 10.2 Å². The summed E-state index contributed by atoms with van der Waals surface area (Å²) in [4.78, 5) is 15.8. The first-order valence-corrected chi connectivity index (χ1v) is 5.77. The number of hydrogen-bond donors (Lipinski definition) is 1. The van der Waals surface area contributed by atoms with Gasteiger partial charge in [0.15, 0.2) is 17.8 Å². The summed E-state index contributed by atoms with van der Waals surface area (Å²) >= 11 is 1.22. The zero-order valence-electron chi connectivity index (χ0n) is 8.86. The van der Waals surface area contributed by atoms with Gasteiger partial charge < -0.3 is 8.83 Å². The predicted octanol–water partition coefficient (Wildman–Crippen LogP) is 2.04. The van der Waals surface area contributed by atoms with Gasteiger partial charge in [-0.1, -0.05) is 11.3 Å². The first-order valence-electron chi connectivity index (χ1n) is 4.89. The molecule has 3 rings (SSSR count). The van der Waals surface area contributed by atoms with Crippen molar-refractivity contribution in [2.45, 2.75) is 0 Å². The Kier molecular flexibility index (Phi) is 2.61. The molecule has 7 nitrogen and oxygen atoms in total. The van der Waals surface area contributed by atoms with Crippen molar-refractivity contribution < 1.29 is 13.6 Å². The van der Waals surface area contributed by atoms with Gasteiger partial charge in [0.2, 0.25) is 10.9 Å². The van der Waals surface area contributed by atoms with Crippen LogP contribution in [0, 0.1) is 0 Å². The van der Waals surface area contributed by atoms with Crippen LogP contribution in [0.5, 0.6) is 0 Å². The third kappa shape index (κ3) is 1.89. The van der Waals surface area contributed by atoms with Gasteiger partial charge in [0.1, 0.15) is 5.51 Å². The Morgan fingerprint density at radius 3 is 3.06 bits per heavy atom. The molecule has 0 aromatic carbocycles. The van der Waals surface area contributed by atoms with Gasteiger partial charge in [0.05, 0.1) is 6.26 Å². The lowest BCUT2D eigenvalue weighted by Crippen LogP contribution is -2.13. The number of oxazole rings is 1. The van der Waals surface area contributed by atoms with Crippen LogP contribution in [0.2, 0.25) is 0 Å². The van der Waals surface area contributed by atoms with E-state index in [0.29, 0.717) is 10.9 Å². The summed E-state index contributed by atoms with van der Waals surface area (Å²) in [7, 11) is 0. The van der Waals surface area contributed by atoms with Crippen LogP contribution >= 0.6 is 11.3 Å². The van der Waals surface area contributed by atoms with E-state index in [1.807, 2.05) is 0 Å². The van der Waals surface area contributed by atoms with E-state index >= 15 is 0 Å². The molecule has 0 spiro atoms. The fourth-order valence-corrected chi connectivity index (χ4v) is 1.81. The fraction of sp³-hybridized carbons (Fsp3) is 0. The summed E-state index contributed by atoms with van der Waals surface area (Å²) in [6.07, 6.45) is 2.68. The molecule has 8 heteroatoms. The first kappa shape index (κ1) is 10.7. The largest absolute Gasteiger partial charge is 0.461 e. The molecule has 1 N–H and O–H groups in total. The maximum atomic E-state index is 12.0. The van der Waals surface area contributed by atoms with E-state index in [1.54, 1.807) is 12.1 Å². The average Bonchev–Trinajstić information content (AvgIpc) is 3.11. The van der Waals surface area contributed by atoms with Crippen molar-refractivity contribution in [3.05, 3.63) is 36.0 Å². The van der Waals surface area contributed by atoms with E-state index in [9.17, 15) is 4.79 Å². The lowest BCUT2D eigenvalue weighted by Gasteiger charge is -1.98. The normalized spacial score (nSPS) is 10.4. The van der Waals surface area contributed by atoms with E-state index < -0.39 is 5.91 Å². The van der Waals surface area contributed by atoms with Gasteiger partial charge in [-0.3, -0.25) is 10.1 Å². The van der Waals surface area contributed by atoms with E-state index in [4.69, 9.17) is 8.83 Å². The molecular formula is C10H6N4O3S. The average molecular weight is 262 g/mol. The Morgan fingerprint density at radius 2 is 2.33 bits per heavy atom. The summed E-state index contributed by atoms with van der Waals surface area (Å²) < 4.78 is 10.3. The maximum Gasteiger partial charge on any atom is 0.280 e. The standard InChI is InChI=1S/C10H6N4O3S/c15-9(13-10-14-12-5-18-10)7-8(17-4-11-7)6-2-1-3-16-6/h1-5H,(H,13,14,15). The van der Waals surface area contributed by atoms with Gasteiger partial charge in [-0.25, -0.2) is 4.98 Å². The molecule has 3 aromatic rings. The minimum Gasteiger partial charge on any atom is -0.461 e. The second kappa shape index (κ2) is 4.41. The minimum absolute atomic E-state index is 0.139. The summed E-state index contributed by atoms with van der Waals surface area (Å²) in [6.45, 7) is 0. The number of anilines is 1. The quantitative estimate of drug-likeness (QED) is 0.776. The first-order chi connectivity index (χ1) is 8.84. The highest BCUT2D eigenvalue weighted by Gasteiger charge is 2.20. The highest BCUT2D eigenvalue weighted by Crippen LogP contribution is 2.24. The molecule has 0 saturated carbocycles. The van der Waals surface area contributed by atoms with E-state index in [-0.39, 0.29) is 11.5 Å². The Labute approximate surface area is 104 Å². The molecule has 90 valence electrons. The number of carbonyl (C=O) groups excluding carboxylic acids is 1. The molecule has 0 bridgehead atoms. The number of hydrogen-bond acceptors (Lipinski definition) is 7. The summed E-state index contributed by atoms with van der Waals surface area (Å²) in [6, 6.07) is 3.38. The summed E-state index contributed by atoms with van der Waals surface area (Å²) in [5, 5.41) is 10.3. The zero-order chi connectivity index (χ0) is 12.4. The van der Waals surface area contributed by atoms with Crippen LogP contribution in [0.3, 0.4) is 0 Å². The number of rotatable bonds is 3. The van der Waals surface area contributed by atoms with Gasteiger partial charge in [-0.05, 0) is 12.1 Å². The van der Waals surface area contributed by atoms with Gasteiger partial charge >= 0.3 is 0 Å². The lowest BCUT2D eigenvalue weighted by molar-refractivity contribution is 0.102. The highest BCUT2D eigenvalue weighted by molar-refractivity contribution is 7.13. The molecule has 3 heterocycles. The Balaban J connectivity index is 1.89. The molecule has 0 aliphatic heterocycles. The predicted molar refractivity (Wildman–Crippen MR) is 62.1 cm³/mol. The highest BCUT2D eigenvalue weighted by atomic mass is 32.1. The Bertz CT molecular complexity index is 645. The van der Waals surface area contributed by atoms with Crippen molar-refractivity contribution in [2.75, 3.05) is 5.32 Å². The minimum atomic E-state index is -0.424. The topological polar surface area (TPSA) is 94.1 Å². The SMILES string of the molecule is O=C(Nc1nncs1)c1ncoc1-c1ccco1. The molecule has 18 heavy (non-hydrogen) atoms. The lowest BCUT2D eigenvalue weighted by atomic mass is 10.2. The van der Waals surface area contributed by atoms with E-state index in [2.05, 4.69) is 20.5 Å². The van der Waals surface area contributed by atoms with Crippen LogP contribution in [-0.4, -0.2) is 21.1 Å². The number of amides is 1. The summed E-state index contributed by atoms with van der Waals surface area (Å²) in [5.74, 6) is 0.295. The molecular weight excluding hydrogens is 256 g/mol. The van der Waals surface area contributed by atoms with Crippen LogP contribution in [0.25, 0.3) is 11.5 Å². The van der Waals surface area contributed by atoms with Crippen LogP contribution in [0.15, 0.2) is 39.1 Å². The Hall–Kier alpha value is -2.48. The second-order valence-electron chi connectivity index (χ2n) is 3.21. The van der Waals surface area contributed by atoms with Gasteiger partial charge in [0.25, 0.3) is 5.91 Å².